The highest BCUT2D eigenvalue weighted by molar-refractivity contribution is 7.92. The molecule has 0 aliphatic heterocycles. The quantitative estimate of drug-likeness (QED) is 0.252. The van der Waals surface area contributed by atoms with Crippen molar-refractivity contribution in [2.45, 2.75) is 58.0 Å². The van der Waals surface area contributed by atoms with Crippen LogP contribution in [-0.4, -0.2) is 44.3 Å². The highest BCUT2D eigenvalue weighted by Crippen LogP contribution is 2.27. The van der Waals surface area contributed by atoms with Crippen molar-refractivity contribution in [2.24, 2.45) is 0 Å². The second-order valence-corrected chi connectivity index (χ2v) is 12.5. The van der Waals surface area contributed by atoms with Crippen molar-refractivity contribution in [2.75, 3.05) is 17.4 Å². The van der Waals surface area contributed by atoms with Gasteiger partial charge in [-0.1, -0.05) is 66.9 Å². The van der Waals surface area contributed by atoms with Gasteiger partial charge in [0.1, 0.15) is 12.6 Å². The second kappa shape index (κ2) is 14.0. The van der Waals surface area contributed by atoms with Gasteiger partial charge >= 0.3 is 0 Å². The largest absolute Gasteiger partial charge is 0.354 e. The number of carbonyl (C=O) groups is 2. The topological polar surface area (TPSA) is 86.8 Å². The third kappa shape index (κ3) is 7.99. The van der Waals surface area contributed by atoms with Crippen LogP contribution in [0, 0.1) is 13.8 Å². The number of halogens is 2. The van der Waals surface area contributed by atoms with Gasteiger partial charge < -0.3 is 10.2 Å². The second-order valence-electron chi connectivity index (χ2n) is 9.75. The molecule has 1 N–H and O–H groups in total. The van der Waals surface area contributed by atoms with E-state index in [4.69, 9.17) is 23.2 Å². The molecule has 0 aromatic heterocycles. The molecule has 1 atom stereocenters. The molecule has 0 saturated carbocycles. The van der Waals surface area contributed by atoms with E-state index in [-0.39, 0.29) is 17.3 Å². The Labute approximate surface area is 247 Å². The summed E-state index contributed by atoms with van der Waals surface area (Å²) in [6.45, 7) is 7.31. The third-order valence-electron chi connectivity index (χ3n) is 6.46. The molecule has 0 bridgehead atoms. The predicted octanol–water partition coefficient (Wildman–Crippen LogP) is 6.14. The zero-order chi connectivity index (χ0) is 29.4. The molecule has 0 radical (unpaired) electrons. The maximum absolute atomic E-state index is 14.0. The van der Waals surface area contributed by atoms with E-state index in [1.165, 1.54) is 17.0 Å². The van der Waals surface area contributed by atoms with Crippen molar-refractivity contribution in [3.63, 3.8) is 0 Å². The van der Waals surface area contributed by atoms with Crippen molar-refractivity contribution in [3.05, 3.63) is 93.5 Å². The van der Waals surface area contributed by atoms with Crippen LogP contribution in [0.1, 0.15) is 43.4 Å². The highest BCUT2D eigenvalue weighted by atomic mass is 35.5. The molecule has 10 heteroatoms. The lowest BCUT2D eigenvalue weighted by Crippen LogP contribution is -2.51. The lowest BCUT2D eigenvalue weighted by Gasteiger charge is -2.32. The Kier molecular flexibility index (Phi) is 11.0. The number of hydrogen-bond donors (Lipinski definition) is 1. The maximum atomic E-state index is 14.0. The number of carbonyl (C=O) groups excluding carboxylic acids is 2. The molecule has 214 valence electrons. The van der Waals surface area contributed by atoms with Crippen LogP contribution in [0.25, 0.3) is 0 Å². The monoisotopic (exact) mass is 603 g/mol. The number of aryl methyl sites for hydroxylation is 2. The van der Waals surface area contributed by atoms with Crippen LogP contribution in [0.15, 0.2) is 71.6 Å². The molecule has 0 saturated heterocycles. The lowest BCUT2D eigenvalue weighted by atomic mass is 10.1. The van der Waals surface area contributed by atoms with Crippen molar-refractivity contribution in [1.29, 1.82) is 0 Å². The highest BCUT2D eigenvalue weighted by Gasteiger charge is 2.33. The number of hydrogen-bond acceptors (Lipinski definition) is 4. The first-order chi connectivity index (χ1) is 18.9. The number of benzene rings is 3. The summed E-state index contributed by atoms with van der Waals surface area (Å²) >= 11 is 12.5. The Morgan fingerprint density at radius 1 is 0.950 bits per heavy atom. The Morgan fingerprint density at radius 2 is 1.60 bits per heavy atom. The van der Waals surface area contributed by atoms with Gasteiger partial charge in [-0.15, -0.1) is 0 Å². The van der Waals surface area contributed by atoms with Gasteiger partial charge in [-0.05, 0) is 80.3 Å². The van der Waals surface area contributed by atoms with E-state index in [1.54, 1.807) is 55.5 Å². The predicted molar refractivity (Wildman–Crippen MR) is 161 cm³/mol. The van der Waals surface area contributed by atoms with E-state index in [0.29, 0.717) is 27.8 Å². The van der Waals surface area contributed by atoms with E-state index >= 15 is 0 Å². The summed E-state index contributed by atoms with van der Waals surface area (Å²) in [5.41, 5.74) is 2.64. The average Bonchev–Trinajstić information content (AvgIpc) is 2.90. The minimum absolute atomic E-state index is 0.0106. The first kappa shape index (κ1) is 31.5. The maximum Gasteiger partial charge on any atom is 0.264 e. The Bertz CT molecular complexity index is 1430. The number of nitrogens with one attached hydrogen (secondary N) is 1. The summed E-state index contributed by atoms with van der Waals surface area (Å²) in [5.74, 6) is -0.890. The SMILES string of the molecule is CCCCNC(=O)[C@@H](C)N(Cc1ccc(Cl)cc1Cl)C(=O)CN(c1cc(C)cc(C)c1)S(=O)(=O)c1ccccc1. The van der Waals surface area contributed by atoms with Crippen LogP contribution in [0.4, 0.5) is 5.69 Å². The van der Waals surface area contributed by atoms with Gasteiger partial charge in [0.2, 0.25) is 11.8 Å². The normalized spacial score (nSPS) is 12.1. The minimum atomic E-state index is -4.12. The number of rotatable bonds is 12. The lowest BCUT2D eigenvalue weighted by molar-refractivity contribution is -0.139. The zero-order valence-corrected chi connectivity index (χ0v) is 25.5. The van der Waals surface area contributed by atoms with Crippen LogP contribution in [0.2, 0.25) is 10.0 Å². The molecule has 0 heterocycles. The van der Waals surface area contributed by atoms with E-state index < -0.39 is 28.5 Å². The third-order valence-corrected chi connectivity index (χ3v) is 8.83. The fraction of sp³-hybridized carbons (Fsp3) is 0.333. The summed E-state index contributed by atoms with van der Waals surface area (Å²) in [4.78, 5) is 28.5. The van der Waals surface area contributed by atoms with Gasteiger partial charge in [-0.2, -0.15) is 0 Å². The molecule has 40 heavy (non-hydrogen) atoms. The zero-order valence-electron chi connectivity index (χ0n) is 23.2. The molecule has 3 rings (SSSR count). The standard InChI is InChI=1S/C30H35Cl2N3O4S/c1-5-6-14-33-30(37)23(4)34(19-24-12-13-25(31)18-28(24)32)29(36)20-35(26-16-21(2)15-22(3)17-26)40(38,39)27-10-8-7-9-11-27/h7-13,15-18,23H,5-6,14,19-20H2,1-4H3,(H,33,37)/t23-/m1/s1. The van der Waals surface area contributed by atoms with Gasteiger partial charge in [-0.3, -0.25) is 13.9 Å². The van der Waals surface area contributed by atoms with Gasteiger partial charge in [0, 0.05) is 23.1 Å². The average molecular weight is 605 g/mol. The van der Waals surface area contributed by atoms with Crippen LogP contribution < -0.4 is 9.62 Å². The van der Waals surface area contributed by atoms with Crippen LogP contribution in [0.3, 0.4) is 0 Å². The van der Waals surface area contributed by atoms with Crippen LogP contribution in [-0.2, 0) is 26.2 Å². The summed E-state index contributed by atoms with van der Waals surface area (Å²) in [5, 5.41) is 3.64. The number of nitrogens with zero attached hydrogens (tertiary/aromatic N) is 2. The Balaban J connectivity index is 2.04. The van der Waals surface area contributed by atoms with Crippen molar-refractivity contribution in [3.8, 4) is 0 Å². The van der Waals surface area contributed by atoms with Gasteiger partial charge in [0.15, 0.2) is 0 Å². The number of sulfonamides is 1. The Hall–Kier alpha value is -3.07. The van der Waals surface area contributed by atoms with Crippen molar-refractivity contribution in [1.82, 2.24) is 10.2 Å². The first-order valence-electron chi connectivity index (χ1n) is 13.1. The van der Waals surface area contributed by atoms with E-state index in [2.05, 4.69) is 5.32 Å². The number of unbranched alkanes of at least 4 members (excludes halogenated alkanes) is 1. The fourth-order valence-electron chi connectivity index (χ4n) is 4.30. The molecule has 7 nitrogen and oxygen atoms in total. The fourth-order valence-corrected chi connectivity index (χ4v) is 6.18. The summed E-state index contributed by atoms with van der Waals surface area (Å²) in [7, 11) is -4.12. The van der Waals surface area contributed by atoms with Crippen molar-refractivity contribution >= 4 is 50.7 Å². The molecule has 0 spiro atoms. The van der Waals surface area contributed by atoms with E-state index in [9.17, 15) is 18.0 Å². The first-order valence-corrected chi connectivity index (χ1v) is 15.3. The molecular weight excluding hydrogens is 569 g/mol. The Morgan fingerprint density at radius 3 is 2.20 bits per heavy atom. The molecule has 0 aliphatic rings. The molecule has 0 aliphatic carbocycles. The molecular formula is C30H35Cl2N3O4S. The van der Waals surface area contributed by atoms with Gasteiger partial charge in [-0.25, -0.2) is 8.42 Å². The molecule has 3 aromatic carbocycles. The summed E-state index contributed by atoms with van der Waals surface area (Å²) in [6.07, 6.45) is 1.70. The van der Waals surface area contributed by atoms with Crippen LogP contribution in [0.5, 0.6) is 0 Å². The summed E-state index contributed by atoms with van der Waals surface area (Å²) < 4.78 is 28.9. The molecule has 2 amide bonds. The van der Waals surface area contributed by atoms with E-state index in [1.807, 2.05) is 26.8 Å². The minimum Gasteiger partial charge on any atom is -0.354 e. The van der Waals surface area contributed by atoms with Gasteiger partial charge in [0.05, 0.1) is 10.6 Å². The molecule has 3 aromatic rings. The van der Waals surface area contributed by atoms with E-state index in [0.717, 1.165) is 28.3 Å². The van der Waals surface area contributed by atoms with Crippen molar-refractivity contribution < 1.29 is 18.0 Å². The number of anilines is 1. The van der Waals surface area contributed by atoms with Crippen LogP contribution >= 0.6 is 23.2 Å². The number of amides is 2. The smallest absolute Gasteiger partial charge is 0.264 e. The molecule has 0 fully saturated rings. The van der Waals surface area contributed by atoms with Gasteiger partial charge in [0.25, 0.3) is 10.0 Å². The molecule has 0 unspecified atom stereocenters. The summed E-state index contributed by atoms with van der Waals surface area (Å²) in [6, 6.07) is 17.4.